The van der Waals surface area contributed by atoms with Crippen LogP contribution in [-0.4, -0.2) is 30.3 Å². The number of halogens is 7. The van der Waals surface area contributed by atoms with Crippen molar-refractivity contribution in [1.29, 1.82) is 0 Å². The fourth-order valence-corrected chi connectivity index (χ4v) is 1.06. The first kappa shape index (κ1) is 15.8. The van der Waals surface area contributed by atoms with E-state index in [0.717, 1.165) is 12.1 Å². The van der Waals surface area contributed by atoms with Gasteiger partial charge in [0.1, 0.15) is 0 Å². The third kappa shape index (κ3) is 3.18. The molecular weight excluding hydrogens is 284 g/mol. The molecule has 0 aromatic heterocycles. The average molecular weight is 290 g/mol. The maximum Gasteiger partial charge on any atom is 0.495 e. The summed E-state index contributed by atoms with van der Waals surface area (Å²) < 4.78 is 89.0. The second kappa shape index (κ2) is 5.01. The number of alkyl halides is 7. The van der Waals surface area contributed by atoms with Crippen molar-refractivity contribution in [3.63, 3.8) is 0 Å². The molecule has 0 amide bonds. The minimum atomic E-state index is -6.51. The normalized spacial score (nSPS) is 13.5. The molecule has 10 heteroatoms. The SMILES string of the molecule is OB(OC(F)(F)C(F)(F)C(F)(F)F)c1ccccc1. The van der Waals surface area contributed by atoms with Crippen molar-refractivity contribution in [2.45, 2.75) is 18.2 Å². The Balaban J connectivity index is 2.91. The quantitative estimate of drug-likeness (QED) is 0.680. The van der Waals surface area contributed by atoms with Gasteiger partial charge in [0.2, 0.25) is 0 Å². The van der Waals surface area contributed by atoms with Gasteiger partial charge in [0.15, 0.2) is 0 Å². The van der Waals surface area contributed by atoms with E-state index in [1.165, 1.54) is 18.2 Å². The molecule has 1 aromatic carbocycles. The van der Waals surface area contributed by atoms with Gasteiger partial charge < -0.3 is 9.68 Å². The molecule has 0 unspecified atom stereocenters. The van der Waals surface area contributed by atoms with Crippen LogP contribution < -0.4 is 5.46 Å². The second-order valence-corrected chi connectivity index (χ2v) is 3.47. The van der Waals surface area contributed by atoms with Gasteiger partial charge in [0.05, 0.1) is 0 Å². The molecule has 19 heavy (non-hydrogen) atoms. The average Bonchev–Trinajstić information content (AvgIpc) is 2.28. The van der Waals surface area contributed by atoms with E-state index in [2.05, 4.69) is 4.65 Å². The first-order valence-electron chi connectivity index (χ1n) is 4.72. The molecule has 0 spiro atoms. The van der Waals surface area contributed by atoms with Gasteiger partial charge >= 0.3 is 25.3 Å². The third-order valence-corrected chi connectivity index (χ3v) is 2.07. The third-order valence-electron chi connectivity index (χ3n) is 2.07. The Bertz CT molecular complexity index is 420. The van der Waals surface area contributed by atoms with Gasteiger partial charge in [-0.1, -0.05) is 30.3 Å². The summed E-state index contributed by atoms with van der Waals surface area (Å²) in [7, 11) is -2.62. The molecule has 0 bridgehead atoms. The molecule has 106 valence electrons. The minimum absolute atomic E-state index is 0.389. The van der Waals surface area contributed by atoms with E-state index in [9.17, 15) is 30.7 Å². The zero-order chi connectivity index (χ0) is 14.9. The molecule has 1 rings (SSSR count). The van der Waals surface area contributed by atoms with Crippen LogP contribution in [0.3, 0.4) is 0 Å². The van der Waals surface area contributed by atoms with Crippen LogP contribution in [0.25, 0.3) is 0 Å². The lowest BCUT2D eigenvalue weighted by molar-refractivity contribution is -0.406. The van der Waals surface area contributed by atoms with Crippen LogP contribution in [0, 0.1) is 0 Å². The van der Waals surface area contributed by atoms with Crippen molar-refractivity contribution in [3.05, 3.63) is 30.3 Å². The topological polar surface area (TPSA) is 29.5 Å². The van der Waals surface area contributed by atoms with Crippen LogP contribution in [-0.2, 0) is 4.65 Å². The maximum atomic E-state index is 12.8. The predicted octanol–water partition coefficient (Wildman–Crippen LogP) is 2.18. The van der Waals surface area contributed by atoms with Gasteiger partial charge in [-0.05, 0) is 5.46 Å². The molecular formula is C9H6BF7O2. The van der Waals surface area contributed by atoms with Crippen LogP contribution >= 0.6 is 0 Å². The Morgan fingerprint density at radius 3 is 1.79 bits per heavy atom. The first-order valence-corrected chi connectivity index (χ1v) is 4.72. The van der Waals surface area contributed by atoms with Gasteiger partial charge in [-0.15, -0.1) is 0 Å². The van der Waals surface area contributed by atoms with E-state index in [1.807, 2.05) is 0 Å². The maximum absolute atomic E-state index is 12.8. The molecule has 0 aliphatic rings. The van der Waals surface area contributed by atoms with Crippen molar-refractivity contribution in [2.24, 2.45) is 0 Å². The summed E-state index contributed by atoms with van der Waals surface area (Å²) >= 11 is 0. The highest BCUT2D eigenvalue weighted by Gasteiger charge is 2.74. The smallest absolute Gasteiger partial charge is 0.423 e. The Labute approximate surface area is 102 Å². The summed E-state index contributed by atoms with van der Waals surface area (Å²) in [6, 6.07) is 5.96. The van der Waals surface area contributed by atoms with E-state index < -0.39 is 25.3 Å². The minimum Gasteiger partial charge on any atom is -0.423 e. The summed E-state index contributed by atoms with van der Waals surface area (Å²) in [6.45, 7) is 0. The van der Waals surface area contributed by atoms with Gasteiger partial charge in [0.25, 0.3) is 0 Å². The summed E-state index contributed by atoms with van der Waals surface area (Å²) in [5, 5.41) is 9.08. The molecule has 0 aliphatic carbocycles. The van der Waals surface area contributed by atoms with Crippen LogP contribution in [0.5, 0.6) is 0 Å². The Morgan fingerprint density at radius 2 is 1.37 bits per heavy atom. The molecule has 0 radical (unpaired) electrons. The second-order valence-electron chi connectivity index (χ2n) is 3.47. The Hall–Kier alpha value is -1.29. The number of benzene rings is 1. The standard InChI is InChI=1S/C9H6BF7O2/c11-7(12,8(13,14)15)9(16,17)19-10(18)6-4-2-1-3-5-6/h1-5,18H. The van der Waals surface area contributed by atoms with Gasteiger partial charge in [-0.3, -0.25) is 0 Å². The van der Waals surface area contributed by atoms with E-state index in [1.54, 1.807) is 0 Å². The fourth-order valence-electron chi connectivity index (χ4n) is 1.06. The van der Waals surface area contributed by atoms with Gasteiger partial charge in [0, 0.05) is 0 Å². The molecule has 0 heterocycles. The lowest BCUT2D eigenvalue weighted by atomic mass is 9.79. The largest absolute Gasteiger partial charge is 0.495 e. The monoisotopic (exact) mass is 290 g/mol. The highest BCUT2D eigenvalue weighted by atomic mass is 19.4. The Morgan fingerprint density at radius 1 is 0.895 bits per heavy atom. The van der Waals surface area contributed by atoms with Crippen LogP contribution in [0.2, 0.25) is 0 Å². The highest BCUT2D eigenvalue weighted by Crippen LogP contribution is 2.47. The van der Waals surface area contributed by atoms with Crippen molar-refractivity contribution < 1.29 is 40.4 Å². The first-order chi connectivity index (χ1) is 8.49. The number of hydrogen-bond acceptors (Lipinski definition) is 2. The fraction of sp³-hybridized carbons (Fsp3) is 0.333. The zero-order valence-electron chi connectivity index (χ0n) is 8.97. The summed E-state index contributed by atoms with van der Waals surface area (Å²) in [5.41, 5.74) is -0.389. The number of hydrogen-bond donors (Lipinski definition) is 1. The van der Waals surface area contributed by atoms with Crippen molar-refractivity contribution in [3.8, 4) is 0 Å². The molecule has 2 nitrogen and oxygen atoms in total. The van der Waals surface area contributed by atoms with Gasteiger partial charge in [-0.2, -0.15) is 30.7 Å². The van der Waals surface area contributed by atoms with Crippen LogP contribution in [0.15, 0.2) is 30.3 Å². The van der Waals surface area contributed by atoms with Crippen molar-refractivity contribution in [1.82, 2.24) is 0 Å². The lowest BCUT2D eigenvalue weighted by Crippen LogP contribution is -2.56. The van der Waals surface area contributed by atoms with Crippen molar-refractivity contribution in [2.75, 3.05) is 0 Å². The zero-order valence-corrected chi connectivity index (χ0v) is 8.97. The van der Waals surface area contributed by atoms with E-state index in [-0.39, 0.29) is 5.46 Å². The van der Waals surface area contributed by atoms with E-state index in [4.69, 9.17) is 5.02 Å². The molecule has 0 atom stereocenters. The summed E-state index contributed by atoms with van der Waals surface area (Å²) in [6.07, 6.45) is -12.4. The molecule has 0 saturated carbocycles. The molecule has 0 saturated heterocycles. The summed E-state index contributed by atoms with van der Waals surface area (Å²) in [4.78, 5) is 0. The summed E-state index contributed by atoms with van der Waals surface area (Å²) in [5.74, 6) is -6.42. The lowest BCUT2D eigenvalue weighted by Gasteiger charge is -2.28. The molecule has 1 aromatic rings. The van der Waals surface area contributed by atoms with Crippen LogP contribution in [0.4, 0.5) is 30.7 Å². The van der Waals surface area contributed by atoms with Gasteiger partial charge in [-0.25, -0.2) is 0 Å². The van der Waals surface area contributed by atoms with Crippen LogP contribution in [0.1, 0.15) is 0 Å². The highest BCUT2D eigenvalue weighted by molar-refractivity contribution is 6.60. The van der Waals surface area contributed by atoms with E-state index >= 15 is 0 Å². The Kier molecular flexibility index (Phi) is 4.16. The molecule has 0 fully saturated rings. The number of rotatable bonds is 4. The van der Waals surface area contributed by atoms with Crippen molar-refractivity contribution >= 4 is 12.6 Å². The van der Waals surface area contributed by atoms with E-state index in [0.29, 0.717) is 0 Å². The molecule has 1 N–H and O–H groups in total. The molecule has 0 aliphatic heterocycles. The predicted molar refractivity (Wildman–Crippen MR) is 51.1 cm³/mol.